The van der Waals surface area contributed by atoms with Crippen molar-refractivity contribution in [3.63, 3.8) is 0 Å². The molecule has 1 aromatic heterocycles. The van der Waals surface area contributed by atoms with E-state index in [1.165, 1.54) is 0 Å². The van der Waals surface area contributed by atoms with Crippen molar-refractivity contribution < 1.29 is 8.42 Å². The van der Waals surface area contributed by atoms with Crippen molar-refractivity contribution in [3.05, 3.63) is 119 Å². The summed E-state index contributed by atoms with van der Waals surface area (Å²) in [5.41, 5.74) is 5.95. The van der Waals surface area contributed by atoms with Gasteiger partial charge in [0, 0.05) is 24.1 Å². The molecule has 0 saturated carbocycles. The summed E-state index contributed by atoms with van der Waals surface area (Å²) in [6.07, 6.45) is 2.01. The van der Waals surface area contributed by atoms with E-state index in [1.54, 1.807) is 22.5 Å². The summed E-state index contributed by atoms with van der Waals surface area (Å²) in [5.74, 6) is 0. The number of nitrogens with zero attached hydrogens (tertiary/aromatic N) is 2. The Kier molecular flexibility index (Phi) is 4.80. The normalized spacial score (nSPS) is 16.4. The number of fused-ring (bicyclic) bond motifs is 3. The lowest BCUT2D eigenvalue weighted by molar-refractivity contribution is 0.353. The lowest BCUT2D eigenvalue weighted by Crippen LogP contribution is -2.34. The predicted octanol–water partition coefficient (Wildman–Crippen LogP) is 5.39. The standard InChI is InChI=1S/C26H24N2O2S/c1-19-12-14-21(15-13-19)26-25-11-6-16-27(25)24-10-4-3-8-22(24)18-28(26)31(29,30)23-9-5-7-20(2)17-23/h3-17,26H,18H2,1-2H3. The predicted molar refractivity (Wildman–Crippen MR) is 123 cm³/mol. The van der Waals surface area contributed by atoms with Crippen LogP contribution < -0.4 is 0 Å². The van der Waals surface area contributed by atoms with Crippen molar-refractivity contribution in [2.24, 2.45) is 0 Å². The van der Waals surface area contributed by atoms with Gasteiger partial charge in [0.15, 0.2) is 0 Å². The zero-order valence-electron chi connectivity index (χ0n) is 17.6. The molecule has 0 amide bonds. The minimum atomic E-state index is -3.76. The van der Waals surface area contributed by atoms with Crippen molar-refractivity contribution in [3.8, 4) is 5.69 Å². The molecule has 5 heteroatoms. The number of hydrogen-bond donors (Lipinski definition) is 0. The van der Waals surface area contributed by atoms with Gasteiger partial charge in [-0.3, -0.25) is 0 Å². The van der Waals surface area contributed by atoms with Gasteiger partial charge in [-0.2, -0.15) is 4.31 Å². The number of rotatable bonds is 3. The number of sulfonamides is 1. The van der Waals surface area contributed by atoms with Crippen LogP contribution in [0.5, 0.6) is 0 Å². The summed E-state index contributed by atoms with van der Waals surface area (Å²) in [4.78, 5) is 0.321. The summed E-state index contributed by atoms with van der Waals surface area (Å²) in [5, 5.41) is 0. The fourth-order valence-electron chi connectivity index (χ4n) is 4.34. The Hall–Kier alpha value is -3.15. The molecule has 156 valence electrons. The van der Waals surface area contributed by atoms with Gasteiger partial charge in [-0.1, -0.05) is 60.2 Å². The highest BCUT2D eigenvalue weighted by Gasteiger charge is 2.37. The number of para-hydroxylation sites is 1. The number of benzene rings is 3. The third-order valence-corrected chi connectivity index (χ3v) is 7.72. The van der Waals surface area contributed by atoms with Crippen LogP contribution in [-0.4, -0.2) is 17.3 Å². The third-order valence-electron chi connectivity index (χ3n) is 5.91. The van der Waals surface area contributed by atoms with E-state index in [9.17, 15) is 8.42 Å². The van der Waals surface area contributed by atoms with Gasteiger partial charge in [-0.25, -0.2) is 8.42 Å². The van der Waals surface area contributed by atoms with E-state index < -0.39 is 16.1 Å². The molecule has 1 aliphatic heterocycles. The van der Waals surface area contributed by atoms with Crippen LogP contribution in [0.4, 0.5) is 0 Å². The fourth-order valence-corrected chi connectivity index (χ4v) is 6.02. The third kappa shape index (κ3) is 3.40. The molecular weight excluding hydrogens is 404 g/mol. The van der Waals surface area contributed by atoms with E-state index in [-0.39, 0.29) is 0 Å². The highest BCUT2D eigenvalue weighted by atomic mass is 32.2. The summed E-state index contributed by atoms with van der Waals surface area (Å²) in [6.45, 7) is 4.25. The van der Waals surface area contributed by atoms with E-state index in [0.717, 1.165) is 33.6 Å². The molecule has 0 fully saturated rings. The first-order valence-electron chi connectivity index (χ1n) is 10.4. The first-order chi connectivity index (χ1) is 14.9. The van der Waals surface area contributed by atoms with E-state index in [0.29, 0.717) is 11.4 Å². The van der Waals surface area contributed by atoms with Crippen LogP contribution >= 0.6 is 0 Å². The monoisotopic (exact) mass is 428 g/mol. The molecule has 1 atom stereocenters. The van der Waals surface area contributed by atoms with Crippen LogP contribution in [-0.2, 0) is 16.6 Å². The molecule has 0 radical (unpaired) electrons. The average Bonchev–Trinajstić information content (AvgIpc) is 3.19. The summed E-state index contributed by atoms with van der Waals surface area (Å²) in [7, 11) is -3.76. The maximum Gasteiger partial charge on any atom is 0.244 e. The first kappa shape index (κ1) is 19.8. The lowest BCUT2D eigenvalue weighted by Gasteiger charge is -2.30. The second-order valence-electron chi connectivity index (χ2n) is 8.11. The van der Waals surface area contributed by atoms with Crippen LogP contribution in [0, 0.1) is 13.8 Å². The van der Waals surface area contributed by atoms with E-state index in [2.05, 4.69) is 4.57 Å². The van der Waals surface area contributed by atoms with Gasteiger partial charge in [0.05, 0.1) is 10.9 Å². The van der Waals surface area contributed by atoms with Gasteiger partial charge < -0.3 is 4.57 Å². The minimum Gasteiger partial charge on any atom is -0.319 e. The zero-order chi connectivity index (χ0) is 21.6. The summed E-state index contributed by atoms with van der Waals surface area (Å²) in [6, 6.07) is 26.9. The largest absolute Gasteiger partial charge is 0.319 e. The first-order valence-corrected chi connectivity index (χ1v) is 11.8. The van der Waals surface area contributed by atoms with Gasteiger partial charge in [0.25, 0.3) is 0 Å². The molecular formula is C26H24N2O2S. The molecule has 3 aromatic carbocycles. The molecule has 31 heavy (non-hydrogen) atoms. The number of aryl methyl sites for hydroxylation is 2. The molecule has 0 aliphatic carbocycles. The number of hydrogen-bond acceptors (Lipinski definition) is 2. The fraction of sp³-hybridized carbons (Fsp3) is 0.154. The minimum absolute atomic E-state index is 0.298. The smallest absolute Gasteiger partial charge is 0.244 e. The van der Waals surface area contributed by atoms with Gasteiger partial charge in [0.1, 0.15) is 0 Å². The van der Waals surface area contributed by atoms with Gasteiger partial charge in [-0.05, 0) is 60.9 Å². The van der Waals surface area contributed by atoms with Gasteiger partial charge in [-0.15, -0.1) is 0 Å². The average molecular weight is 429 g/mol. The topological polar surface area (TPSA) is 42.3 Å². The van der Waals surface area contributed by atoms with Gasteiger partial charge in [0.2, 0.25) is 10.0 Å². The maximum atomic E-state index is 14.0. The SMILES string of the molecule is Cc1ccc(C2c3cccn3-c3ccccc3CN2S(=O)(=O)c2cccc(C)c2)cc1. The Bertz CT molecular complexity index is 1350. The van der Waals surface area contributed by atoms with Crippen LogP contribution in [0.3, 0.4) is 0 Å². The maximum absolute atomic E-state index is 14.0. The Morgan fingerprint density at radius 3 is 2.35 bits per heavy atom. The highest BCUT2D eigenvalue weighted by Crippen LogP contribution is 2.39. The van der Waals surface area contributed by atoms with E-state index in [1.807, 2.05) is 86.8 Å². The van der Waals surface area contributed by atoms with Crippen LogP contribution in [0.25, 0.3) is 5.69 Å². The molecule has 0 saturated heterocycles. The molecule has 1 unspecified atom stereocenters. The zero-order valence-corrected chi connectivity index (χ0v) is 18.4. The van der Waals surface area contributed by atoms with Crippen LogP contribution in [0.1, 0.15) is 34.0 Å². The van der Waals surface area contributed by atoms with Crippen molar-refractivity contribution in [2.75, 3.05) is 0 Å². The molecule has 0 bridgehead atoms. The summed E-state index contributed by atoms with van der Waals surface area (Å²) < 4.78 is 31.8. The van der Waals surface area contributed by atoms with Crippen molar-refractivity contribution in [2.45, 2.75) is 31.3 Å². The molecule has 2 heterocycles. The Morgan fingerprint density at radius 1 is 0.806 bits per heavy atom. The van der Waals surface area contributed by atoms with Crippen molar-refractivity contribution in [1.82, 2.24) is 8.87 Å². The molecule has 0 spiro atoms. The van der Waals surface area contributed by atoms with Crippen molar-refractivity contribution >= 4 is 10.0 Å². The second-order valence-corrected chi connectivity index (χ2v) is 10.0. The molecule has 1 aliphatic rings. The second kappa shape index (κ2) is 7.52. The molecule has 4 aromatic rings. The van der Waals surface area contributed by atoms with Gasteiger partial charge >= 0.3 is 0 Å². The number of aromatic nitrogens is 1. The molecule has 4 nitrogen and oxygen atoms in total. The van der Waals surface area contributed by atoms with E-state index in [4.69, 9.17) is 0 Å². The molecule has 0 N–H and O–H groups in total. The van der Waals surface area contributed by atoms with Crippen LogP contribution in [0.15, 0.2) is 96.0 Å². The van der Waals surface area contributed by atoms with Crippen molar-refractivity contribution in [1.29, 1.82) is 0 Å². The highest BCUT2D eigenvalue weighted by molar-refractivity contribution is 7.89. The Balaban J connectivity index is 1.77. The molecule has 5 rings (SSSR count). The van der Waals surface area contributed by atoms with Crippen LogP contribution in [0.2, 0.25) is 0 Å². The van der Waals surface area contributed by atoms with E-state index >= 15 is 0 Å². The Labute approximate surface area is 183 Å². The quantitative estimate of drug-likeness (QED) is 0.439. The Morgan fingerprint density at radius 2 is 1.58 bits per heavy atom. The summed E-state index contributed by atoms with van der Waals surface area (Å²) >= 11 is 0. The lowest BCUT2D eigenvalue weighted by atomic mass is 10.0.